The number of pyridine rings is 1. The molecule has 0 bridgehead atoms. The molecule has 0 aliphatic heterocycles. The molecule has 0 unspecified atom stereocenters. The molecule has 172 valence electrons. The molecule has 0 spiro atoms. The quantitative estimate of drug-likeness (QED) is 0.258. The fraction of sp³-hybridized carbons (Fsp3) is 0. The molecule has 35 heavy (non-hydrogen) atoms. The van der Waals surface area contributed by atoms with Gasteiger partial charge in [-0.25, -0.2) is 9.97 Å². The lowest BCUT2D eigenvalue weighted by molar-refractivity contribution is 0.101. The van der Waals surface area contributed by atoms with Crippen LogP contribution < -0.4 is 10.6 Å². The van der Waals surface area contributed by atoms with E-state index in [0.29, 0.717) is 38.5 Å². The third-order valence-electron chi connectivity index (χ3n) is 5.25. The minimum atomic E-state index is -0.295. The second-order valence-electron chi connectivity index (χ2n) is 7.65. The number of aromatic nitrogens is 3. The smallest absolute Gasteiger partial charge is 0.256 e. The third-order valence-corrected chi connectivity index (χ3v) is 5.99. The Labute approximate surface area is 210 Å². The van der Waals surface area contributed by atoms with E-state index < -0.39 is 0 Å². The first-order chi connectivity index (χ1) is 17.0. The highest BCUT2D eigenvalue weighted by molar-refractivity contribution is 6.42. The van der Waals surface area contributed by atoms with Gasteiger partial charge in [-0.15, -0.1) is 0 Å². The summed E-state index contributed by atoms with van der Waals surface area (Å²) in [7, 11) is 0. The minimum absolute atomic E-state index is 0.260. The summed E-state index contributed by atoms with van der Waals surface area (Å²) >= 11 is 11.9. The van der Waals surface area contributed by atoms with Crippen LogP contribution in [-0.2, 0) is 0 Å². The van der Waals surface area contributed by atoms with Gasteiger partial charge >= 0.3 is 0 Å². The molecule has 3 N–H and O–H groups in total. The summed E-state index contributed by atoms with van der Waals surface area (Å²) < 4.78 is 0. The average molecular weight is 502 g/mol. The number of hydrogen-bond acceptors (Lipinski definition) is 4. The summed E-state index contributed by atoms with van der Waals surface area (Å²) in [6.45, 7) is 0. The first kappa shape index (κ1) is 22.6. The van der Waals surface area contributed by atoms with Gasteiger partial charge in [0.2, 0.25) is 0 Å². The standard InChI is InChI=1S/C26H17Cl2N5O2/c27-19-10-6-16(13-20(19)28)25(34)30-18-8-4-15(5-9-18)24-31-21-11-7-17(14-22(21)32-24)26(35)33-23-3-1-2-12-29-23/h1-14H,(H,30,34)(H,31,32)(H,29,33,35). The third kappa shape index (κ3) is 5.01. The molecule has 3 aromatic carbocycles. The summed E-state index contributed by atoms with van der Waals surface area (Å²) in [5.74, 6) is 0.569. The van der Waals surface area contributed by atoms with Crippen molar-refractivity contribution < 1.29 is 9.59 Å². The lowest BCUT2D eigenvalue weighted by Gasteiger charge is -2.07. The zero-order valence-electron chi connectivity index (χ0n) is 18.0. The van der Waals surface area contributed by atoms with Crippen LogP contribution in [0.3, 0.4) is 0 Å². The fourth-order valence-electron chi connectivity index (χ4n) is 3.46. The maximum atomic E-state index is 12.6. The molecular weight excluding hydrogens is 485 g/mol. The number of nitrogens with one attached hydrogen (secondary N) is 3. The Morgan fingerprint density at radius 3 is 2.26 bits per heavy atom. The maximum Gasteiger partial charge on any atom is 0.256 e. The predicted molar refractivity (Wildman–Crippen MR) is 138 cm³/mol. The molecule has 0 aliphatic rings. The first-order valence-corrected chi connectivity index (χ1v) is 11.3. The average Bonchev–Trinajstić information content (AvgIpc) is 3.30. The van der Waals surface area contributed by atoms with Crippen molar-refractivity contribution in [1.82, 2.24) is 15.0 Å². The highest BCUT2D eigenvalue weighted by Crippen LogP contribution is 2.25. The summed E-state index contributed by atoms with van der Waals surface area (Å²) in [4.78, 5) is 37.0. The molecule has 0 saturated carbocycles. The van der Waals surface area contributed by atoms with E-state index >= 15 is 0 Å². The molecular formula is C26H17Cl2N5O2. The molecule has 7 nitrogen and oxygen atoms in total. The molecule has 2 heterocycles. The maximum absolute atomic E-state index is 12.6. The Bertz CT molecular complexity index is 1550. The molecule has 0 atom stereocenters. The molecule has 0 aliphatic carbocycles. The van der Waals surface area contributed by atoms with Crippen molar-refractivity contribution in [3.8, 4) is 11.4 Å². The van der Waals surface area contributed by atoms with Crippen LogP contribution in [0, 0.1) is 0 Å². The molecule has 0 radical (unpaired) electrons. The van der Waals surface area contributed by atoms with Crippen LogP contribution in [0.25, 0.3) is 22.4 Å². The summed E-state index contributed by atoms with van der Waals surface area (Å²) in [6, 6.07) is 22.5. The van der Waals surface area contributed by atoms with Gasteiger partial charge in [0.1, 0.15) is 11.6 Å². The second-order valence-corrected chi connectivity index (χ2v) is 8.46. The van der Waals surface area contributed by atoms with Crippen LogP contribution in [0.5, 0.6) is 0 Å². The van der Waals surface area contributed by atoms with Gasteiger partial charge in [0, 0.05) is 28.6 Å². The number of rotatable bonds is 5. The number of nitrogens with zero attached hydrogens (tertiary/aromatic N) is 2. The van der Waals surface area contributed by atoms with Crippen molar-refractivity contribution >= 4 is 57.6 Å². The Kier molecular flexibility index (Phi) is 6.18. The molecule has 0 fully saturated rings. The highest BCUT2D eigenvalue weighted by atomic mass is 35.5. The summed E-state index contributed by atoms with van der Waals surface area (Å²) in [5, 5.41) is 6.30. The van der Waals surface area contributed by atoms with E-state index in [-0.39, 0.29) is 11.8 Å². The zero-order chi connectivity index (χ0) is 24.4. The van der Waals surface area contributed by atoms with Gasteiger partial charge in [-0.05, 0) is 72.8 Å². The van der Waals surface area contributed by atoms with Gasteiger partial charge < -0.3 is 15.6 Å². The predicted octanol–water partition coefficient (Wildman–Crippen LogP) is 6.44. The molecule has 0 saturated heterocycles. The number of anilines is 2. The number of amides is 2. The number of fused-ring (bicyclic) bond motifs is 1. The monoisotopic (exact) mass is 501 g/mol. The Morgan fingerprint density at radius 1 is 0.771 bits per heavy atom. The van der Waals surface area contributed by atoms with E-state index in [2.05, 4.69) is 25.6 Å². The van der Waals surface area contributed by atoms with Gasteiger partial charge in [0.05, 0.1) is 21.1 Å². The number of hydrogen-bond donors (Lipinski definition) is 3. The van der Waals surface area contributed by atoms with Crippen LogP contribution >= 0.6 is 23.2 Å². The topological polar surface area (TPSA) is 99.8 Å². The molecule has 9 heteroatoms. The van der Waals surface area contributed by atoms with E-state index in [1.54, 1.807) is 66.9 Å². The van der Waals surface area contributed by atoms with E-state index in [4.69, 9.17) is 23.2 Å². The Balaban J connectivity index is 1.31. The lowest BCUT2D eigenvalue weighted by atomic mass is 10.1. The van der Waals surface area contributed by atoms with E-state index in [1.807, 2.05) is 12.1 Å². The van der Waals surface area contributed by atoms with Crippen LogP contribution in [0.4, 0.5) is 11.5 Å². The highest BCUT2D eigenvalue weighted by Gasteiger charge is 2.12. The van der Waals surface area contributed by atoms with E-state index in [1.165, 1.54) is 6.07 Å². The molecule has 2 amide bonds. The first-order valence-electron chi connectivity index (χ1n) is 10.6. The van der Waals surface area contributed by atoms with Gasteiger partial charge in [-0.1, -0.05) is 29.3 Å². The Morgan fingerprint density at radius 2 is 1.51 bits per heavy atom. The van der Waals surface area contributed by atoms with E-state index in [0.717, 1.165) is 16.6 Å². The van der Waals surface area contributed by atoms with Gasteiger partial charge in [-0.2, -0.15) is 0 Å². The van der Waals surface area contributed by atoms with Crippen molar-refractivity contribution in [2.75, 3.05) is 10.6 Å². The summed E-state index contributed by atoms with van der Waals surface area (Å²) in [6.07, 6.45) is 1.62. The van der Waals surface area contributed by atoms with Crippen molar-refractivity contribution in [3.05, 3.63) is 106 Å². The molecule has 5 aromatic rings. The fourth-order valence-corrected chi connectivity index (χ4v) is 3.76. The number of halogens is 2. The van der Waals surface area contributed by atoms with Crippen LogP contribution in [-0.4, -0.2) is 26.8 Å². The van der Waals surface area contributed by atoms with Crippen LogP contribution in [0.15, 0.2) is 85.1 Å². The SMILES string of the molecule is O=C(Nc1ccc(-c2nc3ccc(C(=O)Nc4ccccn4)cc3[nH]2)cc1)c1ccc(Cl)c(Cl)c1. The van der Waals surface area contributed by atoms with Crippen molar-refractivity contribution in [3.63, 3.8) is 0 Å². The van der Waals surface area contributed by atoms with E-state index in [9.17, 15) is 9.59 Å². The Hall–Kier alpha value is -4.20. The summed E-state index contributed by atoms with van der Waals surface area (Å²) in [5.41, 5.74) is 3.79. The van der Waals surface area contributed by atoms with Crippen molar-refractivity contribution in [2.24, 2.45) is 0 Å². The number of aromatic amines is 1. The number of carbonyl (C=O) groups is 2. The number of imidazole rings is 1. The van der Waals surface area contributed by atoms with Crippen molar-refractivity contribution in [2.45, 2.75) is 0 Å². The van der Waals surface area contributed by atoms with Gasteiger partial charge in [0.15, 0.2) is 0 Å². The molecule has 5 rings (SSSR count). The molecule has 2 aromatic heterocycles. The number of benzene rings is 3. The van der Waals surface area contributed by atoms with Gasteiger partial charge in [0.25, 0.3) is 11.8 Å². The van der Waals surface area contributed by atoms with Crippen LogP contribution in [0.1, 0.15) is 20.7 Å². The zero-order valence-corrected chi connectivity index (χ0v) is 19.6. The number of carbonyl (C=O) groups excluding carboxylic acids is 2. The minimum Gasteiger partial charge on any atom is -0.338 e. The van der Waals surface area contributed by atoms with Crippen LogP contribution in [0.2, 0.25) is 10.0 Å². The second kappa shape index (κ2) is 9.58. The largest absolute Gasteiger partial charge is 0.338 e. The number of H-pyrrole nitrogens is 1. The van der Waals surface area contributed by atoms with Gasteiger partial charge in [-0.3, -0.25) is 9.59 Å². The normalized spacial score (nSPS) is 10.8. The van der Waals surface area contributed by atoms with Crippen molar-refractivity contribution in [1.29, 1.82) is 0 Å². The lowest BCUT2D eigenvalue weighted by Crippen LogP contribution is -2.12.